The van der Waals surface area contributed by atoms with Crippen LogP contribution in [0.2, 0.25) is 5.02 Å². The van der Waals surface area contributed by atoms with E-state index in [9.17, 15) is 22.8 Å². The fourth-order valence-electron chi connectivity index (χ4n) is 9.26. The number of fused-ring (bicyclic) bond motifs is 1. The summed E-state index contributed by atoms with van der Waals surface area (Å²) in [5.74, 6) is 0.728. The highest BCUT2D eigenvalue weighted by Gasteiger charge is 2.36. The Bertz CT molecular complexity index is 2870. The van der Waals surface area contributed by atoms with Crippen molar-refractivity contribution in [1.82, 2.24) is 38.5 Å². The van der Waals surface area contributed by atoms with E-state index in [2.05, 4.69) is 41.7 Å². The van der Waals surface area contributed by atoms with Crippen molar-refractivity contribution in [3.05, 3.63) is 116 Å². The largest absolute Gasteiger partial charge is 0.502 e. The first-order chi connectivity index (χ1) is 32.1. The maximum Gasteiger partial charge on any atom is 0.329 e. The number of carbonyl (C=O) groups excluding carboxylic acids is 2. The van der Waals surface area contributed by atoms with Gasteiger partial charge in [0.25, 0.3) is 0 Å². The molecule has 3 saturated heterocycles. The Morgan fingerprint density at radius 3 is 2.46 bits per heavy atom. The summed E-state index contributed by atoms with van der Waals surface area (Å²) >= 11 is 12.3. The molecule has 8 rings (SSSR count). The number of aryl methyl sites for hydroxylation is 1. The second-order valence-corrected chi connectivity index (χ2v) is 20.4. The molecule has 0 bridgehead atoms. The quantitative estimate of drug-likeness (QED) is 0.0633. The summed E-state index contributed by atoms with van der Waals surface area (Å²) in [6.07, 6.45) is 3.42. The molecule has 20 heteroatoms. The lowest BCUT2D eigenvalue weighted by molar-refractivity contribution is -0.135. The van der Waals surface area contributed by atoms with E-state index in [1.54, 1.807) is 23.7 Å². The van der Waals surface area contributed by atoms with E-state index < -0.39 is 27.6 Å². The fourth-order valence-corrected chi connectivity index (χ4v) is 10.8. The molecule has 0 radical (unpaired) electrons. The third-order valence-corrected chi connectivity index (χ3v) is 15.1. The third kappa shape index (κ3) is 10.3. The van der Waals surface area contributed by atoms with E-state index >= 15 is 0 Å². The van der Waals surface area contributed by atoms with Crippen molar-refractivity contribution in [3.8, 4) is 11.5 Å². The van der Waals surface area contributed by atoms with Gasteiger partial charge in [0.2, 0.25) is 23.5 Å². The van der Waals surface area contributed by atoms with Gasteiger partial charge in [-0.1, -0.05) is 49.7 Å². The van der Waals surface area contributed by atoms with Crippen LogP contribution in [-0.2, 0) is 45.4 Å². The average molecular weight is 974 g/mol. The number of nitrogens with zero attached hydrogens (tertiary/aromatic N) is 8. The van der Waals surface area contributed by atoms with Gasteiger partial charge in [0.1, 0.15) is 24.1 Å². The lowest BCUT2D eigenvalue weighted by Gasteiger charge is -2.45. The minimum absolute atomic E-state index is 0.0311. The second kappa shape index (κ2) is 20.0. The van der Waals surface area contributed by atoms with Gasteiger partial charge in [-0.15, -0.1) is 11.6 Å². The number of amides is 2. The standard InChI is InChI=1S/C47H54Cl2N10O7S/c1-47(2,33-23-37(49)43(65-22-18-48)38(24-33)50-3)32-9-11-36(12-10-32)66-29-34-15-19-51-45(52-34)54-67(63,64)58-20-16-30(17-21-58)25-55(4)35-27-57(28-35)26-31-7-6-8-39-42(31)56(5)46(62)59(39)40-13-14-41(60)53-44(40)61/h6-12,15,19,23-24,30,35,40H,13-14,16-18,20-22,25-29H2,1-2,4-5H3,(H,51,52,54)(H,53,60,61). The Kier molecular flexibility index (Phi) is 14.3. The molecule has 17 nitrogen and oxygen atoms in total. The summed E-state index contributed by atoms with van der Waals surface area (Å²) in [5, 5.41) is 2.72. The predicted molar refractivity (Wildman–Crippen MR) is 256 cm³/mol. The van der Waals surface area contributed by atoms with E-state index in [4.69, 9.17) is 39.2 Å². The van der Waals surface area contributed by atoms with E-state index in [0.717, 1.165) is 54.7 Å². The lowest BCUT2D eigenvalue weighted by atomic mass is 9.78. The molecule has 5 heterocycles. The van der Waals surface area contributed by atoms with Gasteiger partial charge in [-0.25, -0.2) is 24.3 Å². The highest BCUT2D eigenvalue weighted by atomic mass is 35.5. The van der Waals surface area contributed by atoms with Crippen LogP contribution >= 0.6 is 23.2 Å². The third-order valence-electron chi connectivity index (χ3n) is 13.2. The monoisotopic (exact) mass is 972 g/mol. The minimum Gasteiger partial charge on any atom is -0.502 e. The van der Waals surface area contributed by atoms with Gasteiger partial charge in [0.15, 0.2) is 0 Å². The van der Waals surface area contributed by atoms with Crippen LogP contribution in [0.5, 0.6) is 11.5 Å². The molecular weight excluding hydrogens is 920 g/mol. The van der Waals surface area contributed by atoms with Crippen LogP contribution in [0, 0.1) is 12.5 Å². The SMILES string of the molecule is [C-]#[N+]c1cc(C(C)(C)c2ccc(OCc3ccnc(NS(=O)(=O)N4CCC(CN(C)C5CN(Cc6cccc7c6n(C)c(=O)n7C6CCC(=O)NC6=O)C5)CC4)n3)cc2)cc(Cl)c1OCCCl. The number of likely N-dealkylation sites (tertiary alicyclic amines) is 1. The van der Waals surface area contributed by atoms with Crippen molar-refractivity contribution < 1.29 is 27.5 Å². The number of para-hydroxylation sites is 1. The minimum atomic E-state index is -3.90. The number of ether oxygens (including phenoxy) is 2. The summed E-state index contributed by atoms with van der Waals surface area (Å²) in [7, 11) is -0.0618. The lowest BCUT2D eigenvalue weighted by Crippen LogP contribution is -2.58. The first-order valence-electron chi connectivity index (χ1n) is 22.2. The van der Waals surface area contributed by atoms with Crippen LogP contribution in [0.25, 0.3) is 15.9 Å². The first kappa shape index (κ1) is 47.9. The molecule has 1 unspecified atom stereocenters. The molecule has 2 aromatic heterocycles. The molecule has 3 aliphatic rings. The molecule has 67 heavy (non-hydrogen) atoms. The normalized spacial score (nSPS) is 17.9. The van der Waals surface area contributed by atoms with E-state index in [-0.39, 0.29) is 49.5 Å². The number of imidazole rings is 1. The second-order valence-electron chi connectivity index (χ2n) is 18.0. The Balaban J connectivity index is 0.793. The van der Waals surface area contributed by atoms with Crippen molar-refractivity contribution >= 4 is 67.9 Å². The van der Waals surface area contributed by atoms with Gasteiger partial charge in [-0.05, 0) is 85.3 Å². The van der Waals surface area contributed by atoms with Crippen molar-refractivity contribution in [2.45, 2.75) is 70.2 Å². The number of halogens is 2. The number of piperidine rings is 2. The molecule has 2 amide bonds. The van der Waals surface area contributed by atoms with Gasteiger partial charge in [0, 0.05) is 70.4 Å². The molecule has 1 atom stereocenters. The Hall–Kier alpha value is -5.55. The van der Waals surface area contributed by atoms with Crippen LogP contribution in [0.3, 0.4) is 0 Å². The van der Waals surface area contributed by atoms with Gasteiger partial charge < -0.3 is 14.4 Å². The van der Waals surface area contributed by atoms with Crippen LogP contribution in [0.4, 0.5) is 11.6 Å². The summed E-state index contributed by atoms with van der Waals surface area (Å²) in [4.78, 5) is 54.7. The zero-order valence-corrected chi connectivity index (χ0v) is 40.2. The summed E-state index contributed by atoms with van der Waals surface area (Å²) < 4.78 is 45.7. The van der Waals surface area contributed by atoms with E-state index in [1.807, 2.05) is 62.4 Å². The van der Waals surface area contributed by atoms with Gasteiger partial charge in [-0.3, -0.25) is 28.9 Å². The van der Waals surface area contributed by atoms with Crippen molar-refractivity contribution in [1.29, 1.82) is 0 Å². The number of benzene rings is 3. The van der Waals surface area contributed by atoms with Gasteiger partial charge in [-0.2, -0.15) is 12.7 Å². The Labute approximate surface area is 400 Å². The number of anilines is 1. The molecule has 3 aromatic carbocycles. The highest BCUT2D eigenvalue weighted by molar-refractivity contribution is 7.90. The van der Waals surface area contributed by atoms with Crippen LogP contribution in [-0.4, -0.2) is 112 Å². The number of aromatic nitrogens is 4. The predicted octanol–water partition coefficient (Wildman–Crippen LogP) is 6.02. The first-order valence-corrected chi connectivity index (χ1v) is 24.6. The summed E-state index contributed by atoms with van der Waals surface area (Å²) in [6, 6.07) is 18.3. The number of likely N-dealkylation sites (N-methyl/N-ethyl adjacent to an activating group) is 1. The molecule has 0 aliphatic carbocycles. The molecule has 2 N–H and O–H groups in total. The number of hydrogen-bond acceptors (Lipinski definition) is 11. The van der Waals surface area contributed by atoms with E-state index in [1.165, 1.54) is 15.1 Å². The summed E-state index contributed by atoms with van der Waals surface area (Å²) in [6.45, 7) is 16.0. The highest BCUT2D eigenvalue weighted by Crippen LogP contribution is 2.42. The van der Waals surface area contributed by atoms with Crippen molar-refractivity contribution in [2.75, 3.05) is 57.0 Å². The van der Waals surface area contributed by atoms with Crippen LogP contribution < -0.4 is 25.2 Å². The number of imide groups is 1. The average Bonchev–Trinajstić information content (AvgIpc) is 3.54. The molecular formula is C47H54Cl2N10O7S. The van der Waals surface area contributed by atoms with Gasteiger partial charge >= 0.3 is 15.9 Å². The molecule has 3 aliphatic heterocycles. The molecule has 5 aromatic rings. The maximum atomic E-state index is 13.5. The van der Waals surface area contributed by atoms with Crippen LogP contribution in [0.1, 0.15) is 68.0 Å². The Morgan fingerprint density at radius 2 is 1.76 bits per heavy atom. The maximum absolute atomic E-state index is 13.5. The van der Waals surface area contributed by atoms with Crippen molar-refractivity contribution in [3.63, 3.8) is 0 Å². The smallest absolute Gasteiger partial charge is 0.329 e. The zero-order valence-electron chi connectivity index (χ0n) is 37.9. The molecule has 354 valence electrons. The van der Waals surface area contributed by atoms with Crippen molar-refractivity contribution in [2.24, 2.45) is 13.0 Å². The van der Waals surface area contributed by atoms with Gasteiger partial charge in [0.05, 0.1) is 40.8 Å². The zero-order chi connectivity index (χ0) is 47.6. The molecule has 3 fully saturated rings. The molecule has 0 saturated carbocycles. The molecule has 0 spiro atoms. The number of hydrogen-bond donors (Lipinski definition) is 2. The Morgan fingerprint density at radius 1 is 1.01 bits per heavy atom. The summed E-state index contributed by atoms with van der Waals surface area (Å²) in [5.41, 5.74) is 4.33. The number of alkyl halides is 1. The number of rotatable bonds is 17. The fraction of sp³-hybridized carbons (Fsp3) is 0.447. The van der Waals surface area contributed by atoms with E-state index in [0.29, 0.717) is 65.0 Å². The number of carbonyl (C=O) groups is 2. The topological polar surface area (TPSA) is 178 Å². The number of nitrogens with one attached hydrogen (secondary N) is 2. The van der Waals surface area contributed by atoms with Crippen LogP contribution in [0.15, 0.2) is 71.7 Å².